The van der Waals surface area contributed by atoms with E-state index in [1.807, 2.05) is 36.1 Å². The number of aryl methyl sites for hydroxylation is 1. The lowest BCUT2D eigenvalue weighted by Crippen LogP contribution is -2.48. The fourth-order valence-corrected chi connectivity index (χ4v) is 6.61. The summed E-state index contributed by atoms with van der Waals surface area (Å²) in [5, 5.41) is 1.01. The van der Waals surface area contributed by atoms with Crippen LogP contribution in [0, 0.1) is 6.92 Å². The van der Waals surface area contributed by atoms with E-state index in [4.69, 9.17) is 9.72 Å². The number of ether oxygens (including phenoxy) is 1. The van der Waals surface area contributed by atoms with Gasteiger partial charge in [-0.05, 0) is 36.8 Å². The van der Waals surface area contributed by atoms with E-state index >= 15 is 0 Å². The van der Waals surface area contributed by atoms with Gasteiger partial charge in [0.2, 0.25) is 0 Å². The molecule has 2 aromatic carbocycles. The van der Waals surface area contributed by atoms with Crippen molar-refractivity contribution in [1.29, 1.82) is 0 Å². The van der Waals surface area contributed by atoms with Crippen molar-refractivity contribution in [3.8, 4) is 5.75 Å². The molecule has 0 unspecified atom stereocenters. The number of rotatable bonds is 5. The van der Waals surface area contributed by atoms with Gasteiger partial charge in [-0.3, -0.25) is 4.79 Å². The monoisotopic (exact) mass is 528 g/mol. The number of para-hydroxylation sites is 3. The predicted octanol–water partition coefficient (Wildman–Crippen LogP) is 4.30. The highest BCUT2D eigenvalue weighted by molar-refractivity contribution is 7.20. The number of hydrogen-bond acceptors (Lipinski definition) is 8. The highest BCUT2D eigenvalue weighted by Crippen LogP contribution is 2.37. The number of hydrogen-bond donors (Lipinski definition) is 0. The van der Waals surface area contributed by atoms with Crippen LogP contribution in [0.15, 0.2) is 60.9 Å². The molecule has 0 radical (unpaired) electrons. The summed E-state index contributed by atoms with van der Waals surface area (Å²) in [7, 11) is 1.72. The van der Waals surface area contributed by atoms with Crippen molar-refractivity contribution >= 4 is 44.7 Å². The molecule has 2 fully saturated rings. The van der Waals surface area contributed by atoms with Gasteiger partial charge in [0.05, 0.1) is 23.1 Å². The lowest BCUT2D eigenvalue weighted by Gasteiger charge is -2.37. The summed E-state index contributed by atoms with van der Waals surface area (Å²) in [5.74, 6) is 1.92. The number of carbonyl (C=O) groups is 1. The third-order valence-electron chi connectivity index (χ3n) is 7.59. The van der Waals surface area contributed by atoms with Crippen LogP contribution < -0.4 is 19.4 Å². The zero-order chi connectivity index (χ0) is 26.1. The maximum atomic E-state index is 13.6. The number of aromatic nitrogens is 2. The summed E-state index contributed by atoms with van der Waals surface area (Å²) < 4.78 is 5.57. The van der Waals surface area contributed by atoms with Gasteiger partial charge in [0.25, 0.3) is 5.91 Å². The number of methoxy groups -OCH3 is 1. The zero-order valence-electron chi connectivity index (χ0n) is 21.8. The zero-order valence-corrected chi connectivity index (χ0v) is 22.7. The van der Waals surface area contributed by atoms with E-state index in [0.29, 0.717) is 13.1 Å². The van der Waals surface area contributed by atoms with Crippen LogP contribution >= 0.6 is 11.3 Å². The molecule has 1 amide bonds. The Labute approximate surface area is 227 Å². The van der Waals surface area contributed by atoms with E-state index in [2.05, 4.69) is 50.0 Å². The first-order chi connectivity index (χ1) is 18.6. The second-order valence-electron chi connectivity index (χ2n) is 9.69. The molecule has 0 saturated carbocycles. The molecule has 8 nitrogen and oxygen atoms in total. The van der Waals surface area contributed by atoms with Crippen molar-refractivity contribution in [1.82, 2.24) is 14.9 Å². The first-order valence-corrected chi connectivity index (χ1v) is 13.9. The Hall–Kier alpha value is -3.85. The van der Waals surface area contributed by atoms with Gasteiger partial charge in [-0.15, -0.1) is 11.3 Å². The molecule has 2 aliphatic heterocycles. The van der Waals surface area contributed by atoms with E-state index in [1.54, 1.807) is 13.4 Å². The van der Waals surface area contributed by atoms with E-state index < -0.39 is 0 Å². The Kier molecular flexibility index (Phi) is 6.76. The first kappa shape index (κ1) is 24.5. The van der Waals surface area contributed by atoms with Crippen LogP contribution in [0.1, 0.15) is 15.2 Å². The third-order valence-corrected chi connectivity index (χ3v) is 8.78. The molecule has 0 N–H and O–H groups in total. The Morgan fingerprint density at radius 2 is 1.47 bits per heavy atom. The maximum Gasteiger partial charge on any atom is 0.264 e. The van der Waals surface area contributed by atoms with Crippen molar-refractivity contribution in [2.45, 2.75) is 6.92 Å². The average molecular weight is 529 g/mol. The number of fused-ring (bicyclic) bond motifs is 1. The molecule has 2 aromatic heterocycles. The van der Waals surface area contributed by atoms with Crippen LogP contribution in [0.5, 0.6) is 5.75 Å². The van der Waals surface area contributed by atoms with Gasteiger partial charge in [-0.2, -0.15) is 0 Å². The molecule has 0 atom stereocenters. The lowest BCUT2D eigenvalue weighted by atomic mass is 10.1. The van der Waals surface area contributed by atoms with Gasteiger partial charge < -0.3 is 24.3 Å². The Morgan fingerprint density at radius 3 is 2.21 bits per heavy atom. The van der Waals surface area contributed by atoms with Gasteiger partial charge in [-0.1, -0.05) is 30.3 Å². The van der Waals surface area contributed by atoms with Gasteiger partial charge >= 0.3 is 0 Å². The minimum Gasteiger partial charge on any atom is -0.495 e. The highest BCUT2D eigenvalue weighted by Gasteiger charge is 2.29. The molecule has 0 spiro atoms. The number of piperazine rings is 2. The first-order valence-electron chi connectivity index (χ1n) is 13.1. The number of anilines is 3. The number of thiophene rings is 1. The SMILES string of the molecule is COc1ccccc1N1CCN(c2ncnc3sc(C(=O)N4CCN(c5ccccc5)CC4)c(C)c23)CC1. The molecular weight excluding hydrogens is 496 g/mol. The average Bonchev–Trinajstić information content (AvgIpc) is 3.34. The van der Waals surface area contributed by atoms with Crippen LogP contribution in [0.3, 0.4) is 0 Å². The van der Waals surface area contributed by atoms with Gasteiger partial charge in [0, 0.05) is 58.0 Å². The Bertz CT molecular complexity index is 1430. The van der Waals surface area contributed by atoms with E-state index in [0.717, 1.165) is 77.2 Å². The minimum absolute atomic E-state index is 0.102. The molecule has 2 aliphatic rings. The largest absolute Gasteiger partial charge is 0.495 e. The van der Waals surface area contributed by atoms with E-state index in [-0.39, 0.29) is 5.91 Å². The molecule has 6 rings (SSSR count). The van der Waals surface area contributed by atoms with Crippen LogP contribution in [-0.2, 0) is 0 Å². The number of nitrogens with zero attached hydrogens (tertiary/aromatic N) is 6. The van der Waals surface area contributed by atoms with Gasteiger partial charge in [0.1, 0.15) is 22.7 Å². The minimum atomic E-state index is 0.102. The number of benzene rings is 2. The van der Waals surface area contributed by atoms with Crippen molar-refractivity contribution in [2.24, 2.45) is 0 Å². The number of carbonyl (C=O) groups excluding carboxylic acids is 1. The normalized spacial score (nSPS) is 16.3. The highest BCUT2D eigenvalue weighted by atomic mass is 32.1. The molecule has 196 valence electrons. The van der Waals surface area contributed by atoms with Crippen LogP contribution in [-0.4, -0.2) is 80.2 Å². The van der Waals surface area contributed by atoms with Crippen molar-refractivity contribution < 1.29 is 9.53 Å². The molecule has 2 saturated heterocycles. The summed E-state index contributed by atoms with van der Waals surface area (Å²) >= 11 is 1.49. The Morgan fingerprint density at radius 1 is 0.816 bits per heavy atom. The fourth-order valence-electron chi connectivity index (χ4n) is 5.50. The van der Waals surface area contributed by atoms with Crippen molar-refractivity contribution in [3.05, 3.63) is 71.4 Å². The third kappa shape index (κ3) is 4.51. The predicted molar refractivity (Wildman–Crippen MR) is 154 cm³/mol. The second-order valence-corrected chi connectivity index (χ2v) is 10.7. The van der Waals surface area contributed by atoms with E-state index in [9.17, 15) is 4.79 Å². The van der Waals surface area contributed by atoms with Gasteiger partial charge in [-0.25, -0.2) is 9.97 Å². The summed E-state index contributed by atoms with van der Waals surface area (Å²) in [6.45, 7) is 8.55. The lowest BCUT2D eigenvalue weighted by molar-refractivity contribution is 0.0751. The molecule has 0 bridgehead atoms. The van der Waals surface area contributed by atoms with Crippen LogP contribution in [0.25, 0.3) is 10.2 Å². The number of amides is 1. The standard InChI is InChI=1S/C29H32N6O2S/c1-21-25-27(34-16-14-33(15-17-34)23-10-6-7-11-24(23)37-2)30-20-31-28(25)38-26(21)29(36)35-18-12-32(13-19-35)22-8-4-3-5-9-22/h3-11,20H,12-19H2,1-2H3. The van der Waals surface area contributed by atoms with E-state index in [1.165, 1.54) is 17.0 Å². The maximum absolute atomic E-state index is 13.6. The topological polar surface area (TPSA) is 65.0 Å². The molecular formula is C29H32N6O2S. The summed E-state index contributed by atoms with van der Waals surface area (Å²) in [4.78, 5) is 33.5. The molecule has 9 heteroatoms. The molecule has 38 heavy (non-hydrogen) atoms. The van der Waals surface area contributed by atoms with Crippen LogP contribution in [0.4, 0.5) is 17.2 Å². The second kappa shape index (κ2) is 10.5. The smallest absolute Gasteiger partial charge is 0.264 e. The summed E-state index contributed by atoms with van der Waals surface area (Å²) in [5.41, 5.74) is 3.32. The molecule has 4 heterocycles. The molecule has 4 aromatic rings. The van der Waals surface area contributed by atoms with Crippen molar-refractivity contribution in [3.63, 3.8) is 0 Å². The van der Waals surface area contributed by atoms with Crippen molar-refractivity contribution in [2.75, 3.05) is 74.2 Å². The summed E-state index contributed by atoms with van der Waals surface area (Å²) in [6.07, 6.45) is 1.63. The molecule has 0 aliphatic carbocycles. The van der Waals surface area contributed by atoms with Crippen LogP contribution in [0.2, 0.25) is 0 Å². The summed E-state index contributed by atoms with van der Waals surface area (Å²) in [6, 6.07) is 18.6. The van der Waals surface area contributed by atoms with Gasteiger partial charge in [0.15, 0.2) is 0 Å². The Balaban J connectivity index is 1.18. The fraction of sp³-hybridized carbons (Fsp3) is 0.345. The quantitative estimate of drug-likeness (QED) is 0.383.